The lowest BCUT2D eigenvalue weighted by molar-refractivity contribution is -0.383. The molecule has 1 saturated heterocycles. The highest BCUT2D eigenvalue weighted by atomic mass is 32.2. The molecule has 0 saturated carbocycles. The number of carbonyl (C=O) groups excluding carboxylic acids is 2. The molecule has 0 bridgehead atoms. The molecule has 4 aromatic rings. The lowest BCUT2D eigenvalue weighted by atomic mass is 9.98. The Morgan fingerprint density at radius 3 is 2.63 bits per heavy atom. The van der Waals surface area contributed by atoms with Gasteiger partial charge in [-0.2, -0.15) is 5.10 Å². The predicted octanol–water partition coefficient (Wildman–Crippen LogP) is 5.21. The molecule has 5 rings (SSSR count). The summed E-state index contributed by atoms with van der Waals surface area (Å²) in [6.07, 6.45) is 6.83. The molecule has 1 aliphatic heterocycles. The van der Waals surface area contributed by atoms with E-state index in [0.717, 1.165) is 37.1 Å². The molecule has 226 valence electrons. The van der Waals surface area contributed by atoms with Gasteiger partial charge in [0.15, 0.2) is 0 Å². The fourth-order valence-electron chi connectivity index (χ4n) is 4.90. The van der Waals surface area contributed by atoms with Gasteiger partial charge in [-0.1, -0.05) is 0 Å². The maximum Gasteiger partial charge on any atom is 0.314 e. The van der Waals surface area contributed by atoms with Gasteiger partial charge in [0.05, 0.1) is 45.5 Å². The van der Waals surface area contributed by atoms with Gasteiger partial charge < -0.3 is 14.2 Å². The molecular weight excluding hydrogens is 574 g/mol. The minimum atomic E-state index is -0.709. The number of carbonyl (C=O) groups is 2. The molecule has 1 fully saturated rings. The third kappa shape index (κ3) is 6.79. The van der Waals surface area contributed by atoms with E-state index in [1.165, 1.54) is 11.9 Å². The summed E-state index contributed by atoms with van der Waals surface area (Å²) in [5.41, 5.74) is 2.60. The van der Waals surface area contributed by atoms with Crippen LogP contribution >= 0.6 is 11.9 Å². The number of pyridine rings is 2. The summed E-state index contributed by atoms with van der Waals surface area (Å²) >= 11 is 1.48. The number of piperidine rings is 1. The zero-order valence-corrected chi connectivity index (χ0v) is 25.3. The number of nitrogens with zero attached hydrogens (tertiary/aromatic N) is 5. The number of non-ortho nitro benzene ring substituents is 1. The molecule has 0 radical (unpaired) electrons. The van der Waals surface area contributed by atoms with Crippen molar-refractivity contribution in [2.75, 3.05) is 27.0 Å². The molecule has 4 heterocycles. The molecule has 0 atom stereocenters. The first kappa shape index (κ1) is 30.4. The van der Waals surface area contributed by atoms with E-state index in [2.05, 4.69) is 14.4 Å². The third-order valence-corrected chi connectivity index (χ3v) is 8.38. The zero-order valence-electron chi connectivity index (χ0n) is 24.4. The highest BCUT2D eigenvalue weighted by Gasteiger charge is 2.26. The fraction of sp³-hybridized carbons (Fsp3) is 0.400. The van der Waals surface area contributed by atoms with Gasteiger partial charge in [0, 0.05) is 54.7 Å². The first-order valence-corrected chi connectivity index (χ1v) is 14.6. The highest BCUT2D eigenvalue weighted by Crippen LogP contribution is 2.43. The van der Waals surface area contributed by atoms with E-state index >= 15 is 0 Å². The number of aromatic nitrogens is 3. The Balaban J connectivity index is 1.48. The number of esters is 2. The number of ether oxygens (including phenoxy) is 3. The normalized spacial score (nSPS) is 14.7. The maximum atomic E-state index is 12.6. The van der Waals surface area contributed by atoms with Crippen LogP contribution in [0.1, 0.15) is 39.2 Å². The fourth-order valence-corrected chi connectivity index (χ4v) is 6.04. The van der Waals surface area contributed by atoms with Gasteiger partial charge in [0.1, 0.15) is 0 Å². The molecular formula is C30H33N5O7S. The van der Waals surface area contributed by atoms with Gasteiger partial charge in [0.2, 0.25) is 6.79 Å². The Morgan fingerprint density at radius 2 is 1.93 bits per heavy atom. The van der Waals surface area contributed by atoms with Crippen LogP contribution in [0.2, 0.25) is 0 Å². The SMILES string of the molecule is COC1CCN(Sc2cc([N+](=O)[O-])c3cccnc3c2-c2ccn3ncc(CC(=O)OCOC(=O)C(C)(C)C)c3c2)CC1. The van der Waals surface area contributed by atoms with Crippen molar-refractivity contribution in [1.29, 1.82) is 0 Å². The topological polar surface area (TPSA) is 138 Å². The van der Waals surface area contributed by atoms with Crippen LogP contribution in [-0.4, -0.2) is 68.9 Å². The third-order valence-electron chi connectivity index (χ3n) is 7.24. The average Bonchev–Trinajstić information content (AvgIpc) is 3.38. The van der Waals surface area contributed by atoms with Gasteiger partial charge >= 0.3 is 11.9 Å². The Hall–Kier alpha value is -4.07. The molecule has 13 heteroatoms. The molecule has 1 aliphatic rings. The Kier molecular flexibility index (Phi) is 8.95. The molecule has 3 aromatic heterocycles. The second-order valence-electron chi connectivity index (χ2n) is 11.3. The van der Waals surface area contributed by atoms with E-state index in [1.54, 1.807) is 69.2 Å². The van der Waals surface area contributed by atoms with Crippen molar-refractivity contribution in [3.63, 3.8) is 0 Å². The summed E-state index contributed by atoms with van der Waals surface area (Å²) in [5.74, 6) is -1.04. The standard InChI is InChI=1S/C30H33N5O7S/c1-30(2,3)29(37)42-18-41-26(36)15-20-17-32-34-13-7-19(14-23(20)34)27-25(43-33-11-8-21(40-4)9-12-33)16-24(35(38)39)22-6-5-10-31-28(22)27/h5-7,10,13-14,16-17,21H,8-9,11-12,15,18H2,1-4H3. The van der Waals surface area contributed by atoms with Crippen molar-refractivity contribution in [2.24, 2.45) is 5.41 Å². The van der Waals surface area contributed by atoms with Gasteiger partial charge in [-0.15, -0.1) is 0 Å². The molecule has 0 aliphatic carbocycles. The van der Waals surface area contributed by atoms with Crippen molar-refractivity contribution < 1.29 is 28.7 Å². The number of nitro groups is 1. The van der Waals surface area contributed by atoms with Gasteiger partial charge in [-0.05, 0) is 75.4 Å². The molecule has 0 spiro atoms. The van der Waals surface area contributed by atoms with E-state index in [9.17, 15) is 19.7 Å². The zero-order chi connectivity index (χ0) is 30.7. The minimum Gasteiger partial charge on any atom is -0.428 e. The molecule has 43 heavy (non-hydrogen) atoms. The lowest BCUT2D eigenvalue weighted by Gasteiger charge is -2.30. The van der Waals surface area contributed by atoms with E-state index in [1.807, 2.05) is 12.1 Å². The average molecular weight is 608 g/mol. The van der Waals surface area contributed by atoms with Crippen LogP contribution in [0.25, 0.3) is 27.5 Å². The molecule has 0 N–H and O–H groups in total. The first-order chi connectivity index (χ1) is 20.5. The monoisotopic (exact) mass is 607 g/mol. The van der Waals surface area contributed by atoms with Gasteiger partial charge in [0.25, 0.3) is 5.69 Å². The number of nitro benzene ring substituents is 1. The minimum absolute atomic E-state index is 0.0119. The van der Waals surface area contributed by atoms with Crippen molar-refractivity contribution >= 4 is 46.0 Å². The van der Waals surface area contributed by atoms with Crippen LogP contribution in [0.4, 0.5) is 5.69 Å². The Labute approximate surface area is 252 Å². The molecule has 0 unspecified atom stereocenters. The van der Waals surface area contributed by atoms with Crippen LogP contribution in [0, 0.1) is 15.5 Å². The smallest absolute Gasteiger partial charge is 0.314 e. The molecule has 0 amide bonds. The van der Waals surface area contributed by atoms with E-state index in [0.29, 0.717) is 26.9 Å². The number of benzene rings is 1. The van der Waals surface area contributed by atoms with E-state index in [-0.39, 0.29) is 23.1 Å². The van der Waals surface area contributed by atoms with Crippen LogP contribution in [0.3, 0.4) is 0 Å². The molecule has 12 nitrogen and oxygen atoms in total. The molecule has 1 aromatic carbocycles. The second kappa shape index (κ2) is 12.7. The summed E-state index contributed by atoms with van der Waals surface area (Å²) in [6.45, 7) is 6.22. The van der Waals surface area contributed by atoms with Crippen LogP contribution < -0.4 is 0 Å². The van der Waals surface area contributed by atoms with Crippen molar-refractivity contribution in [3.05, 3.63) is 64.6 Å². The first-order valence-electron chi connectivity index (χ1n) is 13.9. The van der Waals surface area contributed by atoms with E-state index < -0.39 is 24.1 Å². The van der Waals surface area contributed by atoms with Gasteiger partial charge in [-0.3, -0.25) is 24.7 Å². The summed E-state index contributed by atoms with van der Waals surface area (Å²) in [6, 6.07) is 8.78. The lowest BCUT2D eigenvalue weighted by Crippen LogP contribution is -2.32. The number of methoxy groups -OCH3 is 1. The summed E-state index contributed by atoms with van der Waals surface area (Å²) in [4.78, 5) is 41.6. The number of hydrogen-bond acceptors (Lipinski definition) is 11. The summed E-state index contributed by atoms with van der Waals surface area (Å²) in [7, 11) is 1.71. The Morgan fingerprint density at radius 1 is 1.16 bits per heavy atom. The number of hydrogen-bond donors (Lipinski definition) is 0. The number of rotatable bonds is 9. The van der Waals surface area contributed by atoms with Gasteiger partial charge in [-0.25, -0.2) is 8.82 Å². The quantitative estimate of drug-likeness (QED) is 0.0815. The van der Waals surface area contributed by atoms with Crippen molar-refractivity contribution in [3.8, 4) is 11.1 Å². The predicted molar refractivity (Wildman–Crippen MR) is 160 cm³/mol. The van der Waals surface area contributed by atoms with E-state index in [4.69, 9.17) is 14.2 Å². The second-order valence-corrected chi connectivity index (χ2v) is 12.4. The number of fused-ring (bicyclic) bond motifs is 2. The van der Waals surface area contributed by atoms with Crippen molar-refractivity contribution in [1.82, 2.24) is 18.9 Å². The highest BCUT2D eigenvalue weighted by molar-refractivity contribution is 7.97. The van der Waals surface area contributed by atoms with Crippen LogP contribution in [-0.2, 0) is 30.2 Å². The summed E-state index contributed by atoms with van der Waals surface area (Å²) in [5, 5.41) is 16.9. The van der Waals surface area contributed by atoms with Crippen LogP contribution in [0.15, 0.2) is 53.8 Å². The summed E-state index contributed by atoms with van der Waals surface area (Å²) < 4.78 is 19.5. The Bertz CT molecular complexity index is 1670. The maximum absolute atomic E-state index is 12.6. The largest absolute Gasteiger partial charge is 0.428 e. The van der Waals surface area contributed by atoms with Crippen LogP contribution in [0.5, 0.6) is 0 Å². The van der Waals surface area contributed by atoms with Crippen molar-refractivity contribution in [2.45, 2.75) is 51.0 Å².